The van der Waals surface area contributed by atoms with Gasteiger partial charge in [0.15, 0.2) is 0 Å². The first-order valence-corrected chi connectivity index (χ1v) is 6.57. The summed E-state index contributed by atoms with van der Waals surface area (Å²) in [6.45, 7) is 11.0. The summed E-state index contributed by atoms with van der Waals surface area (Å²) in [5, 5.41) is 0.248. The maximum atomic E-state index is 6.23. The molecule has 0 spiro atoms. The van der Waals surface area contributed by atoms with Crippen molar-refractivity contribution in [3.05, 3.63) is 0 Å². The zero-order chi connectivity index (χ0) is 11.6. The normalized spacial score (nSPS) is 29.4. The van der Waals surface area contributed by atoms with E-state index < -0.39 is 0 Å². The summed E-state index contributed by atoms with van der Waals surface area (Å²) in [6, 6.07) is 0. The number of hydrogen-bond donors (Lipinski definition) is 0. The van der Waals surface area contributed by atoms with Gasteiger partial charge in [0, 0.05) is 5.38 Å². The minimum absolute atomic E-state index is 0.0851. The van der Waals surface area contributed by atoms with Gasteiger partial charge >= 0.3 is 0 Å². The van der Waals surface area contributed by atoms with Crippen molar-refractivity contribution in [2.24, 2.45) is 11.8 Å². The Labute approximate surface area is 99.5 Å². The van der Waals surface area contributed by atoms with E-state index in [-0.39, 0.29) is 11.0 Å². The lowest BCUT2D eigenvalue weighted by molar-refractivity contribution is -0.0271. The van der Waals surface area contributed by atoms with Crippen LogP contribution in [0.1, 0.15) is 53.9 Å². The zero-order valence-electron chi connectivity index (χ0n) is 10.7. The fourth-order valence-electron chi connectivity index (χ4n) is 2.54. The van der Waals surface area contributed by atoms with Gasteiger partial charge < -0.3 is 4.74 Å². The molecule has 0 bridgehead atoms. The van der Waals surface area contributed by atoms with Crippen LogP contribution in [0.15, 0.2) is 0 Å². The van der Waals surface area contributed by atoms with Crippen molar-refractivity contribution >= 4 is 11.6 Å². The van der Waals surface area contributed by atoms with Gasteiger partial charge in [0.2, 0.25) is 0 Å². The van der Waals surface area contributed by atoms with Crippen molar-refractivity contribution in [2.75, 3.05) is 0 Å². The maximum absolute atomic E-state index is 6.23. The summed E-state index contributed by atoms with van der Waals surface area (Å²) in [4.78, 5) is 0. The van der Waals surface area contributed by atoms with Crippen LogP contribution < -0.4 is 0 Å². The van der Waals surface area contributed by atoms with Crippen LogP contribution in [0.2, 0.25) is 0 Å². The van der Waals surface area contributed by atoms with Gasteiger partial charge in [0.25, 0.3) is 0 Å². The molecule has 0 radical (unpaired) electrons. The molecule has 1 heterocycles. The van der Waals surface area contributed by atoms with Crippen LogP contribution in [0.3, 0.4) is 0 Å². The molecule has 1 aliphatic rings. The molecule has 0 amide bonds. The molecule has 1 aliphatic heterocycles. The van der Waals surface area contributed by atoms with Crippen molar-refractivity contribution in [1.82, 2.24) is 0 Å². The van der Waals surface area contributed by atoms with Crippen molar-refractivity contribution in [2.45, 2.75) is 71.0 Å². The van der Waals surface area contributed by atoms with Crippen molar-refractivity contribution in [3.8, 4) is 0 Å². The monoisotopic (exact) mass is 232 g/mol. The maximum Gasteiger partial charge on any atom is 0.0631 e. The van der Waals surface area contributed by atoms with Gasteiger partial charge in [-0.1, -0.05) is 13.8 Å². The van der Waals surface area contributed by atoms with E-state index in [1.54, 1.807) is 0 Å². The Morgan fingerprint density at radius 2 is 1.93 bits per heavy atom. The topological polar surface area (TPSA) is 9.23 Å². The van der Waals surface area contributed by atoms with Gasteiger partial charge in [-0.25, -0.2) is 0 Å². The molecule has 0 aromatic carbocycles. The van der Waals surface area contributed by atoms with Crippen molar-refractivity contribution in [3.63, 3.8) is 0 Å². The van der Waals surface area contributed by atoms with Crippen LogP contribution in [0.25, 0.3) is 0 Å². The quantitative estimate of drug-likeness (QED) is 0.659. The van der Waals surface area contributed by atoms with Crippen LogP contribution in [-0.4, -0.2) is 17.1 Å². The molecule has 1 rings (SSSR count). The van der Waals surface area contributed by atoms with E-state index in [1.165, 1.54) is 12.8 Å². The fourth-order valence-corrected chi connectivity index (χ4v) is 2.93. The standard InChI is InChI=1S/C13H25ClO/c1-9(2)12(10(3)14)8-11-6-7-13(4,5)15-11/h9-12H,6-8H2,1-5H3. The number of hydrogen-bond acceptors (Lipinski definition) is 1. The second-order valence-electron chi connectivity index (χ2n) is 5.86. The number of halogens is 1. The van der Waals surface area contributed by atoms with Gasteiger partial charge in [0.1, 0.15) is 0 Å². The predicted octanol–water partition coefficient (Wildman–Crippen LogP) is 4.23. The zero-order valence-corrected chi connectivity index (χ0v) is 11.5. The SMILES string of the molecule is CC(C)C(CC1CCC(C)(C)O1)C(C)Cl. The number of rotatable bonds is 4. The average Bonchev–Trinajstić information content (AvgIpc) is 2.40. The molecule has 0 saturated carbocycles. The van der Waals surface area contributed by atoms with Crippen LogP contribution in [0, 0.1) is 11.8 Å². The Morgan fingerprint density at radius 3 is 2.27 bits per heavy atom. The van der Waals surface area contributed by atoms with E-state index in [1.807, 2.05) is 0 Å². The molecule has 2 heteroatoms. The van der Waals surface area contributed by atoms with Gasteiger partial charge in [-0.05, 0) is 51.9 Å². The third kappa shape index (κ3) is 3.96. The molecule has 0 aromatic rings. The summed E-state index contributed by atoms with van der Waals surface area (Å²) in [5.41, 5.74) is 0.0851. The second kappa shape index (κ2) is 5.05. The van der Waals surface area contributed by atoms with Crippen LogP contribution >= 0.6 is 11.6 Å². The Kier molecular flexibility index (Phi) is 4.49. The minimum atomic E-state index is 0.0851. The Bertz CT molecular complexity index is 191. The highest BCUT2D eigenvalue weighted by molar-refractivity contribution is 6.20. The van der Waals surface area contributed by atoms with Gasteiger partial charge in [0.05, 0.1) is 11.7 Å². The van der Waals surface area contributed by atoms with Crippen LogP contribution in [-0.2, 0) is 4.74 Å². The molecule has 3 atom stereocenters. The largest absolute Gasteiger partial charge is 0.372 e. The van der Waals surface area contributed by atoms with E-state index in [4.69, 9.17) is 16.3 Å². The van der Waals surface area contributed by atoms with Gasteiger partial charge in [-0.15, -0.1) is 11.6 Å². The van der Waals surface area contributed by atoms with E-state index in [0.29, 0.717) is 17.9 Å². The predicted molar refractivity (Wildman–Crippen MR) is 66.4 cm³/mol. The lowest BCUT2D eigenvalue weighted by atomic mass is 9.87. The minimum Gasteiger partial charge on any atom is -0.372 e. The Morgan fingerprint density at radius 1 is 1.33 bits per heavy atom. The molecular weight excluding hydrogens is 208 g/mol. The lowest BCUT2D eigenvalue weighted by Crippen LogP contribution is -2.26. The average molecular weight is 233 g/mol. The van der Waals surface area contributed by atoms with E-state index in [2.05, 4.69) is 34.6 Å². The van der Waals surface area contributed by atoms with E-state index in [0.717, 1.165) is 6.42 Å². The molecule has 15 heavy (non-hydrogen) atoms. The molecule has 1 fully saturated rings. The molecule has 1 nitrogen and oxygen atoms in total. The first kappa shape index (κ1) is 13.3. The third-order valence-electron chi connectivity index (χ3n) is 3.54. The molecule has 3 unspecified atom stereocenters. The summed E-state index contributed by atoms with van der Waals surface area (Å²) >= 11 is 6.23. The van der Waals surface area contributed by atoms with Crippen molar-refractivity contribution in [1.29, 1.82) is 0 Å². The molecule has 0 aromatic heterocycles. The first-order chi connectivity index (χ1) is 6.82. The number of alkyl halides is 1. The number of ether oxygens (including phenoxy) is 1. The Hall–Kier alpha value is 0.250. The molecule has 1 saturated heterocycles. The summed E-state index contributed by atoms with van der Waals surface area (Å²) in [5.74, 6) is 1.22. The highest BCUT2D eigenvalue weighted by atomic mass is 35.5. The van der Waals surface area contributed by atoms with Gasteiger partial charge in [-0.2, -0.15) is 0 Å². The second-order valence-corrected chi connectivity index (χ2v) is 6.55. The summed E-state index contributed by atoms with van der Waals surface area (Å²) in [7, 11) is 0. The molecule has 0 N–H and O–H groups in total. The van der Waals surface area contributed by atoms with Crippen LogP contribution in [0.4, 0.5) is 0 Å². The highest BCUT2D eigenvalue weighted by Crippen LogP contribution is 2.35. The third-order valence-corrected chi connectivity index (χ3v) is 3.86. The summed E-state index contributed by atoms with van der Waals surface area (Å²) in [6.07, 6.45) is 3.92. The highest BCUT2D eigenvalue weighted by Gasteiger charge is 2.34. The van der Waals surface area contributed by atoms with Crippen LogP contribution in [0.5, 0.6) is 0 Å². The van der Waals surface area contributed by atoms with Crippen molar-refractivity contribution < 1.29 is 4.74 Å². The Balaban J connectivity index is 2.46. The molecule has 0 aliphatic carbocycles. The van der Waals surface area contributed by atoms with Gasteiger partial charge in [-0.3, -0.25) is 0 Å². The molecular formula is C13H25ClO. The molecule has 90 valence electrons. The lowest BCUT2D eigenvalue weighted by Gasteiger charge is -2.27. The van der Waals surface area contributed by atoms with E-state index >= 15 is 0 Å². The smallest absolute Gasteiger partial charge is 0.0631 e. The fraction of sp³-hybridized carbons (Fsp3) is 1.00. The van der Waals surface area contributed by atoms with E-state index in [9.17, 15) is 0 Å². The first-order valence-electron chi connectivity index (χ1n) is 6.14. The summed E-state index contributed by atoms with van der Waals surface area (Å²) < 4.78 is 6.02.